The van der Waals surface area contributed by atoms with Crippen molar-refractivity contribution in [3.05, 3.63) is 35.4 Å². The van der Waals surface area contributed by atoms with Gasteiger partial charge in [0, 0.05) is 12.1 Å². The van der Waals surface area contributed by atoms with Gasteiger partial charge in [-0.1, -0.05) is 50.6 Å². The highest BCUT2D eigenvalue weighted by molar-refractivity contribution is 7.88. The van der Waals surface area contributed by atoms with Crippen molar-refractivity contribution >= 4 is 15.9 Å². The normalized spacial score (nSPS) is 13.1. The first-order valence-corrected chi connectivity index (χ1v) is 10.3. The largest absolute Gasteiger partial charge is 0.350 e. The molecule has 0 saturated heterocycles. The van der Waals surface area contributed by atoms with E-state index in [2.05, 4.69) is 26.1 Å². The SMILES string of the molecule is Cc1ccc(CN(CC(=O)NC(C)(C)CC(C)(C)C)S(C)(=O)=O)cc1. The maximum Gasteiger partial charge on any atom is 0.235 e. The number of rotatable bonds is 7. The molecule has 0 aliphatic heterocycles. The second-order valence-corrected chi connectivity index (χ2v) is 10.7. The van der Waals surface area contributed by atoms with Crippen LogP contribution in [-0.2, 0) is 21.4 Å². The Morgan fingerprint density at radius 1 is 1.08 bits per heavy atom. The van der Waals surface area contributed by atoms with Crippen LogP contribution in [0, 0.1) is 12.3 Å². The number of hydrogen-bond acceptors (Lipinski definition) is 3. The first kappa shape index (κ1) is 21.6. The molecule has 25 heavy (non-hydrogen) atoms. The molecule has 1 amide bonds. The third kappa shape index (κ3) is 8.50. The Morgan fingerprint density at radius 3 is 2.04 bits per heavy atom. The summed E-state index contributed by atoms with van der Waals surface area (Å²) in [4.78, 5) is 12.4. The van der Waals surface area contributed by atoms with Crippen LogP contribution < -0.4 is 5.32 Å². The number of nitrogens with zero attached hydrogens (tertiary/aromatic N) is 1. The minimum absolute atomic E-state index is 0.0647. The van der Waals surface area contributed by atoms with E-state index in [-0.39, 0.29) is 24.4 Å². The Hall–Kier alpha value is -1.40. The molecule has 0 spiro atoms. The second-order valence-electron chi connectivity index (χ2n) is 8.69. The number of carbonyl (C=O) groups excluding carboxylic acids is 1. The van der Waals surface area contributed by atoms with Crippen molar-refractivity contribution in [2.75, 3.05) is 12.8 Å². The Labute approximate surface area is 152 Å². The molecule has 1 aromatic rings. The van der Waals surface area contributed by atoms with Gasteiger partial charge in [0.25, 0.3) is 0 Å². The molecular weight excluding hydrogens is 336 g/mol. The van der Waals surface area contributed by atoms with Gasteiger partial charge >= 0.3 is 0 Å². The lowest BCUT2D eigenvalue weighted by molar-refractivity contribution is -0.123. The molecule has 0 unspecified atom stereocenters. The van der Waals surface area contributed by atoms with Crippen molar-refractivity contribution in [2.24, 2.45) is 5.41 Å². The Balaban J connectivity index is 2.82. The topological polar surface area (TPSA) is 66.5 Å². The van der Waals surface area contributed by atoms with Crippen LogP contribution in [0.3, 0.4) is 0 Å². The van der Waals surface area contributed by atoms with E-state index in [0.29, 0.717) is 0 Å². The lowest BCUT2D eigenvalue weighted by Gasteiger charge is -2.34. The number of carbonyl (C=O) groups is 1. The van der Waals surface area contributed by atoms with Crippen LogP contribution in [0.25, 0.3) is 0 Å². The minimum Gasteiger partial charge on any atom is -0.350 e. The van der Waals surface area contributed by atoms with Crippen molar-refractivity contribution in [2.45, 2.75) is 60.0 Å². The van der Waals surface area contributed by atoms with Gasteiger partial charge in [-0.3, -0.25) is 4.79 Å². The van der Waals surface area contributed by atoms with Gasteiger partial charge < -0.3 is 5.32 Å². The summed E-state index contributed by atoms with van der Waals surface area (Å²) in [5.74, 6) is -0.285. The zero-order valence-electron chi connectivity index (χ0n) is 16.5. The van der Waals surface area contributed by atoms with Gasteiger partial charge in [0.2, 0.25) is 15.9 Å². The predicted molar refractivity (Wildman–Crippen MR) is 103 cm³/mol. The van der Waals surface area contributed by atoms with E-state index < -0.39 is 15.6 Å². The van der Waals surface area contributed by atoms with E-state index in [1.54, 1.807) is 0 Å². The fourth-order valence-corrected chi connectivity index (χ4v) is 3.87. The molecule has 0 fully saturated rings. The van der Waals surface area contributed by atoms with Crippen molar-refractivity contribution in [1.29, 1.82) is 0 Å². The summed E-state index contributed by atoms with van der Waals surface area (Å²) in [5.41, 5.74) is 1.63. The molecule has 6 heteroatoms. The number of aryl methyl sites for hydroxylation is 1. The zero-order chi connectivity index (χ0) is 19.5. The molecule has 0 atom stereocenters. The van der Waals surface area contributed by atoms with Gasteiger partial charge in [-0.15, -0.1) is 0 Å². The number of benzene rings is 1. The van der Waals surface area contributed by atoms with Gasteiger partial charge in [-0.2, -0.15) is 4.31 Å². The first-order valence-electron chi connectivity index (χ1n) is 8.50. The van der Waals surface area contributed by atoms with Crippen LogP contribution in [0.4, 0.5) is 0 Å². The Bertz CT molecular complexity index is 686. The van der Waals surface area contributed by atoms with E-state index >= 15 is 0 Å². The summed E-state index contributed by atoms with van der Waals surface area (Å²) >= 11 is 0. The average Bonchev–Trinajstić information content (AvgIpc) is 2.35. The van der Waals surface area contributed by atoms with Crippen molar-refractivity contribution in [1.82, 2.24) is 9.62 Å². The number of hydrogen-bond donors (Lipinski definition) is 1. The lowest BCUT2D eigenvalue weighted by Crippen LogP contribution is -2.50. The monoisotopic (exact) mass is 368 g/mol. The molecule has 0 radical (unpaired) electrons. The van der Waals surface area contributed by atoms with Gasteiger partial charge in [-0.05, 0) is 38.2 Å². The van der Waals surface area contributed by atoms with Gasteiger partial charge in [0.05, 0.1) is 12.8 Å². The van der Waals surface area contributed by atoms with Gasteiger partial charge in [-0.25, -0.2) is 8.42 Å². The summed E-state index contributed by atoms with van der Waals surface area (Å²) in [5, 5.41) is 2.97. The second kappa shape index (κ2) is 7.87. The molecule has 0 aliphatic carbocycles. The molecular formula is C19H32N2O3S. The summed E-state index contributed by atoms with van der Waals surface area (Å²) < 4.78 is 25.4. The molecule has 1 N–H and O–H groups in total. The standard InChI is InChI=1S/C19H32N2O3S/c1-15-8-10-16(11-9-15)12-21(25(7,23)24)13-17(22)20-19(5,6)14-18(2,3)4/h8-11H,12-14H2,1-7H3,(H,20,22). The van der Waals surface area contributed by atoms with Crippen LogP contribution in [0.15, 0.2) is 24.3 Å². The van der Waals surface area contributed by atoms with Gasteiger partial charge in [0.1, 0.15) is 0 Å². The number of sulfonamides is 1. The van der Waals surface area contributed by atoms with Crippen LogP contribution in [0.1, 0.15) is 52.2 Å². The molecule has 0 saturated carbocycles. The zero-order valence-corrected chi connectivity index (χ0v) is 17.3. The highest BCUT2D eigenvalue weighted by Crippen LogP contribution is 2.26. The number of nitrogens with one attached hydrogen (secondary N) is 1. The van der Waals surface area contributed by atoms with E-state index in [1.807, 2.05) is 45.0 Å². The van der Waals surface area contributed by atoms with Gasteiger partial charge in [0.15, 0.2) is 0 Å². The molecule has 5 nitrogen and oxygen atoms in total. The highest BCUT2D eigenvalue weighted by Gasteiger charge is 2.29. The molecule has 0 bridgehead atoms. The maximum absolute atomic E-state index is 12.4. The fraction of sp³-hybridized carbons (Fsp3) is 0.632. The highest BCUT2D eigenvalue weighted by atomic mass is 32.2. The van der Waals surface area contributed by atoms with Crippen molar-refractivity contribution < 1.29 is 13.2 Å². The van der Waals surface area contributed by atoms with E-state index in [0.717, 1.165) is 23.8 Å². The van der Waals surface area contributed by atoms with Crippen LogP contribution in [0.5, 0.6) is 0 Å². The third-order valence-electron chi connectivity index (χ3n) is 3.72. The number of amides is 1. The minimum atomic E-state index is -3.49. The summed E-state index contributed by atoms with van der Waals surface area (Å²) in [6.07, 6.45) is 1.93. The molecule has 0 aliphatic rings. The predicted octanol–water partition coefficient (Wildman–Crippen LogP) is 3.09. The third-order valence-corrected chi connectivity index (χ3v) is 4.91. The fourth-order valence-electron chi connectivity index (χ4n) is 3.13. The molecule has 0 aromatic heterocycles. The van der Waals surface area contributed by atoms with E-state index in [9.17, 15) is 13.2 Å². The molecule has 142 valence electrons. The summed E-state index contributed by atoms with van der Waals surface area (Å²) in [6, 6.07) is 7.63. The summed E-state index contributed by atoms with van der Waals surface area (Å²) in [6.45, 7) is 12.2. The molecule has 1 rings (SSSR count). The smallest absolute Gasteiger partial charge is 0.235 e. The van der Waals surface area contributed by atoms with Crippen LogP contribution >= 0.6 is 0 Å². The first-order chi connectivity index (χ1) is 11.2. The maximum atomic E-state index is 12.4. The van der Waals surface area contributed by atoms with E-state index in [1.165, 1.54) is 4.31 Å². The van der Waals surface area contributed by atoms with Crippen molar-refractivity contribution in [3.8, 4) is 0 Å². The van der Waals surface area contributed by atoms with Crippen molar-refractivity contribution in [3.63, 3.8) is 0 Å². The quantitative estimate of drug-likeness (QED) is 0.804. The lowest BCUT2D eigenvalue weighted by atomic mass is 9.82. The molecule has 1 aromatic carbocycles. The molecule has 0 heterocycles. The van der Waals surface area contributed by atoms with E-state index in [4.69, 9.17) is 0 Å². The summed E-state index contributed by atoms with van der Waals surface area (Å²) in [7, 11) is -3.49. The Morgan fingerprint density at radius 2 is 1.60 bits per heavy atom. The Kier molecular flexibility index (Phi) is 6.81. The van der Waals surface area contributed by atoms with Crippen LogP contribution in [-0.4, -0.2) is 37.0 Å². The van der Waals surface area contributed by atoms with Crippen LogP contribution in [0.2, 0.25) is 0 Å². The average molecular weight is 369 g/mol.